The Bertz CT molecular complexity index is 248. The Hall–Kier alpha value is -1.06. The minimum atomic E-state index is -0.463. The van der Waals surface area contributed by atoms with E-state index in [2.05, 4.69) is 5.32 Å². The Labute approximate surface area is 84.0 Å². The molecule has 14 heavy (non-hydrogen) atoms. The third kappa shape index (κ3) is 2.25. The van der Waals surface area contributed by atoms with Crippen molar-refractivity contribution in [3.05, 3.63) is 0 Å². The Morgan fingerprint density at radius 3 is 2.79 bits per heavy atom. The molecule has 1 fully saturated rings. The number of carbonyl (C=O) groups excluding carboxylic acids is 2. The Morgan fingerprint density at radius 2 is 2.29 bits per heavy atom. The lowest BCUT2D eigenvalue weighted by molar-refractivity contribution is -0.152. The third-order valence-corrected chi connectivity index (χ3v) is 2.50. The van der Waals surface area contributed by atoms with Crippen molar-refractivity contribution < 1.29 is 14.3 Å². The smallest absolute Gasteiger partial charge is 0.310 e. The van der Waals surface area contributed by atoms with Gasteiger partial charge >= 0.3 is 5.97 Å². The molecule has 0 aromatic heterocycles. The first-order valence-corrected chi connectivity index (χ1v) is 4.92. The van der Waals surface area contributed by atoms with Crippen molar-refractivity contribution in [2.75, 3.05) is 13.2 Å². The van der Waals surface area contributed by atoms with E-state index in [4.69, 9.17) is 4.74 Å². The van der Waals surface area contributed by atoms with Gasteiger partial charge in [-0.1, -0.05) is 13.8 Å². The van der Waals surface area contributed by atoms with E-state index in [1.54, 1.807) is 6.92 Å². The van der Waals surface area contributed by atoms with Gasteiger partial charge in [-0.05, 0) is 13.3 Å². The quantitative estimate of drug-likeness (QED) is 0.666. The molecule has 1 rings (SSSR count). The summed E-state index contributed by atoms with van der Waals surface area (Å²) in [5.41, 5.74) is -0.463. The van der Waals surface area contributed by atoms with Gasteiger partial charge in [-0.3, -0.25) is 9.59 Å². The van der Waals surface area contributed by atoms with E-state index in [0.29, 0.717) is 19.6 Å². The van der Waals surface area contributed by atoms with Crippen molar-refractivity contribution in [2.24, 2.45) is 11.3 Å². The van der Waals surface area contributed by atoms with Crippen LogP contribution in [-0.2, 0) is 14.3 Å². The van der Waals surface area contributed by atoms with Crippen molar-refractivity contribution in [2.45, 2.75) is 27.2 Å². The van der Waals surface area contributed by atoms with E-state index in [-0.39, 0.29) is 17.8 Å². The van der Waals surface area contributed by atoms with E-state index in [1.807, 2.05) is 13.8 Å². The van der Waals surface area contributed by atoms with Gasteiger partial charge < -0.3 is 10.1 Å². The van der Waals surface area contributed by atoms with E-state index < -0.39 is 5.41 Å². The molecular weight excluding hydrogens is 182 g/mol. The summed E-state index contributed by atoms with van der Waals surface area (Å²) in [5, 5.41) is 2.72. The van der Waals surface area contributed by atoms with Crippen LogP contribution in [0.25, 0.3) is 0 Å². The fraction of sp³-hybridized carbons (Fsp3) is 0.800. The molecule has 80 valence electrons. The number of carbonyl (C=O) groups is 2. The monoisotopic (exact) mass is 199 g/mol. The average Bonchev–Trinajstić information content (AvgIpc) is 2.10. The molecule has 1 amide bonds. The van der Waals surface area contributed by atoms with Crippen LogP contribution in [0.1, 0.15) is 27.2 Å². The molecule has 0 saturated carbocycles. The van der Waals surface area contributed by atoms with Crippen LogP contribution in [0, 0.1) is 11.3 Å². The van der Waals surface area contributed by atoms with Crippen LogP contribution in [-0.4, -0.2) is 25.0 Å². The Morgan fingerprint density at radius 1 is 1.64 bits per heavy atom. The first-order chi connectivity index (χ1) is 6.47. The van der Waals surface area contributed by atoms with Crippen LogP contribution < -0.4 is 5.32 Å². The molecule has 1 atom stereocenters. The van der Waals surface area contributed by atoms with Gasteiger partial charge in [0, 0.05) is 12.0 Å². The fourth-order valence-corrected chi connectivity index (χ4v) is 1.66. The zero-order chi connectivity index (χ0) is 10.8. The van der Waals surface area contributed by atoms with E-state index in [1.165, 1.54) is 0 Å². The van der Waals surface area contributed by atoms with Gasteiger partial charge in [-0.2, -0.15) is 0 Å². The molecule has 0 spiro atoms. The van der Waals surface area contributed by atoms with E-state index in [9.17, 15) is 9.59 Å². The Kier molecular flexibility index (Phi) is 3.13. The first kappa shape index (κ1) is 11.0. The minimum absolute atomic E-state index is 0.0121. The maximum Gasteiger partial charge on any atom is 0.310 e. The predicted molar refractivity (Wildman–Crippen MR) is 51.5 cm³/mol. The lowest BCUT2D eigenvalue weighted by atomic mass is 9.79. The van der Waals surface area contributed by atoms with Crippen molar-refractivity contribution in [3.8, 4) is 0 Å². The molecular formula is C10H17NO3. The zero-order valence-corrected chi connectivity index (χ0v) is 8.92. The molecule has 0 radical (unpaired) electrons. The third-order valence-electron chi connectivity index (χ3n) is 2.50. The van der Waals surface area contributed by atoms with Crippen LogP contribution in [0.15, 0.2) is 0 Å². The summed E-state index contributed by atoms with van der Waals surface area (Å²) in [6, 6.07) is 0. The maximum atomic E-state index is 11.4. The van der Waals surface area contributed by atoms with Crippen molar-refractivity contribution in [1.82, 2.24) is 5.32 Å². The second-order valence-electron chi connectivity index (χ2n) is 4.25. The van der Waals surface area contributed by atoms with Gasteiger partial charge in [0.1, 0.15) is 0 Å². The highest BCUT2D eigenvalue weighted by atomic mass is 16.5. The largest absolute Gasteiger partial charge is 0.466 e. The summed E-state index contributed by atoms with van der Waals surface area (Å²) in [5.74, 6) is -0.388. The normalized spacial score (nSPS) is 25.4. The number of hydrogen-bond acceptors (Lipinski definition) is 3. The number of piperidine rings is 1. The summed E-state index contributed by atoms with van der Waals surface area (Å²) >= 11 is 0. The van der Waals surface area contributed by atoms with Crippen molar-refractivity contribution >= 4 is 11.9 Å². The lowest BCUT2D eigenvalue weighted by Gasteiger charge is -2.33. The summed E-state index contributed by atoms with van der Waals surface area (Å²) in [6.07, 6.45) is 0.567. The van der Waals surface area contributed by atoms with E-state index in [0.717, 1.165) is 0 Å². The van der Waals surface area contributed by atoms with E-state index >= 15 is 0 Å². The number of esters is 1. The van der Waals surface area contributed by atoms with Crippen LogP contribution in [0.5, 0.6) is 0 Å². The first-order valence-electron chi connectivity index (χ1n) is 4.92. The molecule has 0 aromatic rings. The summed E-state index contributed by atoms with van der Waals surface area (Å²) < 4.78 is 4.92. The SMILES string of the molecule is CCOC(=O)C1CNC(=O)C(C)(C)C1. The van der Waals surface area contributed by atoms with Crippen molar-refractivity contribution in [1.29, 1.82) is 0 Å². The second-order valence-corrected chi connectivity index (χ2v) is 4.25. The number of nitrogens with one attached hydrogen (secondary N) is 1. The Balaban J connectivity index is 2.59. The highest BCUT2D eigenvalue weighted by Crippen LogP contribution is 2.29. The fourth-order valence-electron chi connectivity index (χ4n) is 1.66. The molecule has 1 saturated heterocycles. The average molecular weight is 199 g/mol. The molecule has 0 aromatic carbocycles. The van der Waals surface area contributed by atoms with Gasteiger partial charge in [0.25, 0.3) is 0 Å². The van der Waals surface area contributed by atoms with Gasteiger partial charge in [0.05, 0.1) is 12.5 Å². The molecule has 1 aliphatic rings. The van der Waals surface area contributed by atoms with Crippen LogP contribution in [0.2, 0.25) is 0 Å². The minimum Gasteiger partial charge on any atom is -0.466 e. The maximum absolute atomic E-state index is 11.4. The molecule has 1 aliphatic heterocycles. The highest BCUT2D eigenvalue weighted by Gasteiger charge is 2.38. The summed E-state index contributed by atoms with van der Waals surface area (Å²) in [4.78, 5) is 22.8. The number of rotatable bonds is 2. The lowest BCUT2D eigenvalue weighted by Crippen LogP contribution is -2.49. The van der Waals surface area contributed by atoms with Crippen LogP contribution in [0.3, 0.4) is 0 Å². The van der Waals surface area contributed by atoms with Crippen LogP contribution in [0.4, 0.5) is 0 Å². The van der Waals surface area contributed by atoms with Gasteiger partial charge in [-0.25, -0.2) is 0 Å². The van der Waals surface area contributed by atoms with Gasteiger partial charge in [-0.15, -0.1) is 0 Å². The van der Waals surface area contributed by atoms with Gasteiger partial charge in [0.15, 0.2) is 0 Å². The second kappa shape index (κ2) is 3.98. The molecule has 0 aliphatic carbocycles. The summed E-state index contributed by atoms with van der Waals surface area (Å²) in [6.45, 7) is 6.26. The number of amides is 1. The molecule has 4 heteroatoms. The van der Waals surface area contributed by atoms with Crippen LogP contribution >= 0.6 is 0 Å². The molecule has 1 N–H and O–H groups in total. The molecule has 4 nitrogen and oxygen atoms in total. The number of ether oxygens (including phenoxy) is 1. The number of hydrogen-bond donors (Lipinski definition) is 1. The molecule has 1 unspecified atom stereocenters. The molecule has 1 heterocycles. The molecule has 0 bridgehead atoms. The topological polar surface area (TPSA) is 55.4 Å². The standard InChI is InChI=1S/C10H17NO3/c1-4-14-8(12)7-5-10(2,3)9(13)11-6-7/h7H,4-6H2,1-3H3,(H,11,13). The van der Waals surface area contributed by atoms with Crippen molar-refractivity contribution in [3.63, 3.8) is 0 Å². The summed E-state index contributed by atoms with van der Waals surface area (Å²) in [7, 11) is 0. The zero-order valence-electron chi connectivity index (χ0n) is 8.92. The predicted octanol–water partition coefficient (Wildman–Crippen LogP) is 0.712. The van der Waals surface area contributed by atoms with Gasteiger partial charge in [0.2, 0.25) is 5.91 Å². The highest BCUT2D eigenvalue weighted by molar-refractivity contribution is 5.85.